The highest BCUT2D eigenvalue weighted by atomic mass is 32.1. The summed E-state index contributed by atoms with van der Waals surface area (Å²) in [6, 6.07) is 0. The van der Waals surface area contributed by atoms with E-state index in [1.807, 2.05) is 12.3 Å². The zero-order valence-electron chi connectivity index (χ0n) is 7.28. The van der Waals surface area contributed by atoms with Gasteiger partial charge in [0.1, 0.15) is 0 Å². The van der Waals surface area contributed by atoms with Gasteiger partial charge in [0.15, 0.2) is 0 Å². The molecule has 0 aliphatic heterocycles. The van der Waals surface area contributed by atoms with Gasteiger partial charge in [-0.15, -0.1) is 11.3 Å². The van der Waals surface area contributed by atoms with Crippen molar-refractivity contribution in [3.63, 3.8) is 0 Å². The molecule has 0 radical (unpaired) electrons. The Morgan fingerprint density at radius 2 is 2.50 bits per heavy atom. The third-order valence-electron chi connectivity index (χ3n) is 1.61. The number of nitrogens with zero attached hydrogens (tertiary/aromatic N) is 2. The first-order valence-electron chi connectivity index (χ1n) is 3.85. The van der Waals surface area contributed by atoms with Crippen LogP contribution in [0.15, 0.2) is 10.9 Å². The van der Waals surface area contributed by atoms with Crippen molar-refractivity contribution in [3.05, 3.63) is 16.6 Å². The Kier molecular flexibility index (Phi) is 3.22. The van der Waals surface area contributed by atoms with Gasteiger partial charge >= 0.3 is 0 Å². The lowest BCUT2D eigenvalue weighted by molar-refractivity contribution is -0.130. The van der Waals surface area contributed by atoms with E-state index < -0.39 is 0 Å². The molecule has 0 spiro atoms. The van der Waals surface area contributed by atoms with E-state index in [0.717, 1.165) is 5.69 Å². The molecule has 1 aromatic rings. The molecule has 0 bridgehead atoms. The summed E-state index contributed by atoms with van der Waals surface area (Å²) in [6.07, 6.45) is 0.556. The van der Waals surface area contributed by atoms with Gasteiger partial charge in [0.2, 0.25) is 5.91 Å². The van der Waals surface area contributed by atoms with E-state index in [2.05, 4.69) is 4.98 Å². The normalized spacial score (nSPS) is 9.83. The molecule has 3 nitrogen and oxygen atoms in total. The molecule has 4 heteroatoms. The van der Waals surface area contributed by atoms with Gasteiger partial charge in [-0.1, -0.05) is 6.92 Å². The zero-order valence-corrected chi connectivity index (χ0v) is 8.10. The van der Waals surface area contributed by atoms with Crippen molar-refractivity contribution >= 4 is 17.2 Å². The summed E-state index contributed by atoms with van der Waals surface area (Å²) in [7, 11) is 1.80. The van der Waals surface area contributed by atoms with Crippen LogP contribution in [0.5, 0.6) is 0 Å². The Morgan fingerprint density at radius 1 is 1.75 bits per heavy atom. The van der Waals surface area contributed by atoms with Crippen LogP contribution in [0, 0.1) is 0 Å². The van der Waals surface area contributed by atoms with E-state index in [9.17, 15) is 4.79 Å². The number of hydrogen-bond donors (Lipinski definition) is 0. The van der Waals surface area contributed by atoms with Crippen LogP contribution in [0.1, 0.15) is 19.0 Å². The van der Waals surface area contributed by atoms with Gasteiger partial charge in [-0.05, 0) is 0 Å². The van der Waals surface area contributed by atoms with E-state index in [4.69, 9.17) is 0 Å². The van der Waals surface area contributed by atoms with Gasteiger partial charge in [0.25, 0.3) is 0 Å². The average Bonchev–Trinajstić information content (AvgIpc) is 2.55. The molecular formula is C8H12N2OS. The minimum Gasteiger partial charge on any atom is -0.340 e. The maximum absolute atomic E-state index is 11.1. The number of carbonyl (C=O) groups is 1. The molecule has 0 N–H and O–H groups in total. The van der Waals surface area contributed by atoms with Crippen molar-refractivity contribution in [2.45, 2.75) is 19.9 Å². The summed E-state index contributed by atoms with van der Waals surface area (Å²) in [5, 5.41) is 1.96. The quantitative estimate of drug-likeness (QED) is 0.713. The first kappa shape index (κ1) is 9.19. The fourth-order valence-electron chi connectivity index (χ4n) is 0.917. The Balaban J connectivity index is 2.47. The number of thiazole rings is 1. The average molecular weight is 184 g/mol. The molecule has 0 saturated heterocycles. The van der Waals surface area contributed by atoms with Crippen LogP contribution in [0.25, 0.3) is 0 Å². The zero-order chi connectivity index (χ0) is 8.97. The molecule has 1 rings (SSSR count). The van der Waals surface area contributed by atoms with Crippen LogP contribution in [-0.2, 0) is 11.3 Å². The molecular weight excluding hydrogens is 172 g/mol. The lowest BCUT2D eigenvalue weighted by atomic mass is 10.4. The molecule has 0 aromatic carbocycles. The van der Waals surface area contributed by atoms with Crippen LogP contribution < -0.4 is 0 Å². The number of aromatic nitrogens is 1. The van der Waals surface area contributed by atoms with Crippen LogP contribution in [-0.4, -0.2) is 22.8 Å². The molecule has 0 aliphatic carbocycles. The molecule has 12 heavy (non-hydrogen) atoms. The van der Waals surface area contributed by atoms with Crippen molar-refractivity contribution in [2.24, 2.45) is 0 Å². The second-order valence-electron chi connectivity index (χ2n) is 2.58. The van der Waals surface area contributed by atoms with Crippen LogP contribution in [0.3, 0.4) is 0 Å². The van der Waals surface area contributed by atoms with E-state index >= 15 is 0 Å². The van der Waals surface area contributed by atoms with Crippen molar-refractivity contribution < 1.29 is 4.79 Å². The smallest absolute Gasteiger partial charge is 0.222 e. The fourth-order valence-corrected chi connectivity index (χ4v) is 1.47. The predicted octanol–water partition coefficient (Wildman–Crippen LogP) is 1.51. The fraction of sp³-hybridized carbons (Fsp3) is 0.500. The summed E-state index contributed by atoms with van der Waals surface area (Å²) in [6.45, 7) is 2.48. The monoisotopic (exact) mass is 184 g/mol. The van der Waals surface area contributed by atoms with Gasteiger partial charge in [0, 0.05) is 18.8 Å². The van der Waals surface area contributed by atoms with E-state index in [1.54, 1.807) is 28.8 Å². The number of rotatable bonds is 3. The molecule has 1 heterocycles. The lowest BCUT2D eigenvalue weighted by Crippen LogP contribution is -2.25. The highest BCUT2D eigenvalue weighted by molar-refractivity contribution is 7.07. The molecule has 66 valence electrons. The summed E-state index contributed by atoms with van der Waals surface area (Å²) in [5.41, 5.74) is 2.74. The topological polar surface area (TPSA) is 33.2 Å². The standard InChI is InChI=1S/C8H12N2OS/c1-3-8(11)10(2)4-7-5-12-6-9-7/h5-6H,3-4H2,1-2H3. The van der Waals surface area contributed by atoms with E-state index in [-0.39, 0.29) is 5.91 Å². The highest BCUT2D eigenvalue weighted by Crippen LogP contribution is 2.04. The third kappa shape index (κ3) is 2.30. The summed E-state index contributed by atoms with van der Waals surface area (Å²) in [4.78, 5) is 16.9. The summed E-state index contributed by atoms with van der Waals surface area (Å²) >= 11 is 1.55. The largest absolute Gasteiger partial charge is 0.340 e. The van der Waals surface area contributed by atoms with E-state index in [1.165, 1.54) is 0 Å². The molecule has 0 aliphatic rings. The van der Waals surface area contributed by atoms with E-state index in [0.29, 0.717) is 13.0 Å². The van der Waals surface area contributed by atoms with Crippen LogP contribution in [0.2, 0.25) is 0 Å². The molecule has 0 atom stereocenters. The molecule has 0 fully saturated rings. The van der Waals surface area contributed by atoms with Crippen molar-refractivity contribution in [1.29, 1.82) is 0 Å². The Labute approximate surface area is 76.0 Å². The van der Waals surface area contributed by atoms with Gasteiger partial charge in [0.05, 0.1) is 17.7 Å². The molecule has 0 saturated carbocycles. The predicted molar refractivity (Wildman–Crippen MR) is 48.9 cm³/mol. The molecule has 1 aromatic heterocycles. The highest BCUT2D eigenvalue weighted by Gasteiger charge is 2.06. The number of carbonyl (C=O) groups excluding carboxylic acids is 1. The summed E-state index contributed by atoms with van der Waals surface area (Å²) < 4.78 is 0. The SMILES string of the molecule is CCC(=O)N(C)Cc1cscn1. The second-order valence-corrected chi connectivity index (χ2v) is 3.30. The van der Waals surface area contributed by atoms with Gasteiger partial charge in [-0.3, -0.25) is 4.79 Å². The van der Waals surface area contributed by atoms with Crippen LogP contribution >= 0.6 is 11.3 Å². The number of hydrogen-bond acceptors (Lipinski definition) is 3. The van der Waals surface area contributed by atoms with Crippen LogP contribution in [0.4, 0.5) is 0 Å². The first-order chi connectivity index (χ1) is 5.74. The van der Waals surface area contributed by atoms with Crippen molar-refractivity contribution in [1.82, 2.24) is 9.88 Å². The minimum absolute atomic E-state index is 0.156. The lowest BCUT2D eigenvalue weighted by Gasteiger charge is -2.13. The van der Waals surface area contributed by atoms with Gasteiger partial charge in [-0.25, -0.2) is 4.98 Å². The maximum Gasteiger partial charge on any atom is 0.222 e. The first-order valence-corrected chi connectivity index (χ1v) is 4.79. The Hall–Kier alpha value is -0.900. The van der Waals surface area contributed by atoms with Crippen molar-refractivity contribution in [2.75, 3.05) is 7.05 Å². The maximum atomic E-state index is 11.1. The Bertz CT molecular complexity index is 246. The molecule has 1 amide bonds. The molecule has 0 unspecified atom stereocenters. The minimum atomic E-state index is 0.156. The second kappa shape index (κ2) is 4.21. The van der Waals surface area contributed by atoms with Gasteiger partial charge < -0.3 is 4.90 Å². The van der Waals surface area contributed by atoms with Crippen molar-refractivity contribution in [3.8, 4) is 0 Å². The third-order valence-corrected chi connectivity index (χ3v) is 2.25. The summed E-state index contributed by atoms with van der Waals surface area (Å²) in [5.74, 6) is 0.156. The number of amides is 1. The van der Waals surface area contributed by atoms with Gasteiger partial charge in [-0.2, -0.15) is 0 Å². The Morgan fingerprint density at radius 3 is 3.00 bits per heavy atom.